The Labute approximate surface area is 171 Å². The number of fused-ring (bicyclic) bond motifs is 1. The lowest BCUT2D eigenvalue weighted by Gasteiger charge is -2.29. The van der Waals surface area contributed by atoms with Gasteiger partial charge in [-0.25, -0.2) is 0 Å². The summed E-state index contributed by atoms with van der Waals surface area (Å²) in [7, 11) is 3.21. The van der Waals surface area contributed by atoms with Crippen molar-refractivity contribution in [2.45, 2.75) is 39.3 Å². The molecule has 0 spiro atoms. The molecule has 1 aromatic heterocycles. The van der Waals surface area contributed by atoms with E-state index in [0.717, 1.165) is 24.0 Å². The number of hydrogen-bond acceptors (Lipinski definition) is 5. The fraction of sp³-hybridized carbons (Fsp3) is 0.409. The van der Waals surface area contributed by atoms with Crippen LogP contribution < -0.4 is 14.8 Å². The van der Waals surface area contributed by atoms with Crippen molar-refractivity contribution in [3.63, 3.8) is 0 Å². The Hall–Kier alpha value is -3.09. The standard InChI is InChI=1S/C22H27N3O4/c1-5-14(2)24-21(26)18-10-16(6-8-23-18)22(27)25-9-7-15-11-19(28-3)20(29-4)12-17(15)13-25/h6,8,10-12,14H,5,7,9,13H2,1-4H3,(H,24,26). The van der Waals surface area contributed by atoms with Gasteiger partial charge in [-0.15, -0.1) is 0 Å². The topological polar surface area (TPSA) is 80.8 Å². The number of pyridine rings is 1. The monoisotopic (exact) mass is 397 g/mol. The first-order chi connectivity index (χ1) is 14.0. The van der Waals surface area contributed by atoms with Crippen LogP contribution >= 0.6 is 0 Å². The van der Waals surface area contributed by atoms with Gasteiger partial charge in [0, 0.05) is 30.9 Å². The van der Waals surface area contributed by atoms with Crippen molar-refractivity contribution in [2.24, 2.45) is 0 Å². The van der Waals surface area contributed by atoms with Crippen molar-refractivity contribution in [1.29, 1.82) is 0 Å². The summed E-state index contributed by atoms with van der Waals surface area (Å²) in [5, 5.41) is 2.88. The predicted octanol–water partition coefficient (Wildman–Crippen LogP) is 2.83. The number of aromatic nitrogens is 1. The molecule has 2 amide bonds. The van der Waals surface area contributed by atoms with Gasteiger partial charge in [-0.05, 0) is 55.2 Å². The van der Waals surface area contributed by atoms with Crippen LogP contribution in [0.4, 0.5) is 0 Å². The molecule has 0 saturated heterocycles. The summed E-state index contributed by atoms with van der Waals surface area (Å²) in [4.78, 5) is 31.3. The summed E-state index contributed by atoms with van der Waals surface area (Å²) in [6, 6.07) is 7.15. The summed E-state index contributed by atoms with van der Waals surface area (Å²) in [6.07, 6.45) is 3.06. The maximum atomic E-state index is 13.1. The Kier molecular flexibility index (Phi) is 6.36. The molecule has 1 aliphatic heterocycles. The molecule has 29 heavy (non-hydrogen) atoms. The van der Waals surface area contributed by atoms with Gasteiger partial charge in [-0.3, -0.25) is 14.6 Å². The number of nitrogens with zero attached hydrogens (tertiary/aromatic N) is 2. The van der Waals surface area contributed by atoms with Crippen molar-refractivity contribution in [1.82, 2.24) is 15.2 Å². The molecule has 2 aromatic rings. The molecule has 0 bridgehead atoms. The minimum atomic E-state index is -0.269. The fourth-order valence-electron chi connectivity index (χ4n) is 3.33. The van der Waals surface area contributed by atoms with Gasteiger partial charge in [0.05, 0.1) is 14.2 Å². The molecule has 1 atom stereocenters. The number of rotatable bonds is 6. The lowest BCUT2D eigenvalue weighted by atomic mass is 9.98. The Morgan fingerprint density at radius 3 is 2.52 bits per heavy atom. The SMILES string of the molecule is CCC(C)NC(=O)c1cc(C(=O)N2CCc3cc(OC)c(OC)cc3C2)ccn1. The number of carbonyl (C=O) groups excluding carboxylic acids is 2. The van der Waals surface area contributed by atoms with Crippen LogP contribution in [-0.4, -0.2) is 48.5 Å². The molecule has 0 fully saturated rings. The first-order valence-corrected chi connectivity index (χ1v) is 9.76. The second-order valence-corrected chi connectivity index (χ2v) is 7.17. The maximum Gasteiger partial charge on any atom is 0.270 e. The Balaban J connectivity index is 1.78. The van der Waals surface area contributed by atoms with E-state index in [0.29, 0.717) is 30.2 Å². The van der Waals surface area contributed by atoms with Gasteiger partial charge in [-0.2, -0.15) is 0 Å². The minimum Gasteiger partial charge on any atom is -0.493 e. The van der Waals surface area contributed by atoms with E-state index in [1.165, 1.54) is 6.20 Å². The second kappa shape index (κ2) is 8.94. The normalized spacial score (nSPS) is 14.0. The molecule has 0 saturated carbocycles. The molecule has 7 heteroatoms. The lowest BCUT2D eigenvalue weighted by Crippen LogP contribution is -2.36. The molecular weight excluding hydrogens is 370 g/mol. The van der Waals surface area contributed by atoms with E-state index in [1.54, 1.807) is 31.3 Å². The summed E-state index contributed by atoms with van der Waals surface area (Å²) in [6.45, 7) is 5.00. The largest absolute Gasteiger partial charge is 0.493 e. The third kappa shape index (κ3) is 4.50. The molecule has 0 radical (unpaired) electrons. The van der Waals surface area contributed by atoms with Crippen LogP contribution in [0.25, 0.3) is 0 Å². The first kappa shape index (κ1) is 20.6. The third-order valence-electron chi connectivity index (χ3n) is 5.23. The molecule has 1 unspecified atom stereocenters. The van der Waals surface area contributed by atoms with Gasteiger partial charge in [0.25, 0.3) is 11.8 Å². The number of methoxy groups -OCH3 is 2. The molecular formula is C22H27N3O4. The van der Waals surface area contributed by atoms with Gasteiger partial charge < -0.3 is 19.7 Å². The number of ether oxygens (including phenoxy) is 2. The molecule has 1 aromatic carbocycles. The smallest absolute Gasteiger partial charge is 0.270 e. The summed E-state index contributed by atoms with van der Waals surface area (Å²) < 4.78 is 10.8. The van der Waals surface area contributed by atoms with Crippen LogP contribution in [-0.2, 0) is 13.0 Å². The van der Waals surface area contributed by atoms with Crippen molar-refractivity contribution in [2.75, 3.05) is 20.8 Å². The summed E-state index contributed by atoms with van der Waals surface area (Å²) in [5.41, 5.74) is 2.89. The zero-order chi connectivity index (χ0) is 21.0. The van der Waals surface area contributed by atoms with E-state index in [2.05, 4.69) is 10.3 Å². The zero-order valence-electron chi connectivity index (χ0n) is 17.3. The number of amides is 2. The van der Waals surface area contributed by atoms with Crippen molar-refractivity contribution in [3.05, 3.63) is 52.8 Å². The molecule has 1 N–H and O–H groups in total. The average molecular weight is 397 g/mol. The number of benzene rings is 1. The highest BCUT2D eigenvalue weighted by Crippen LogP contribution is 2.33. The molecule has 0 aliphatic carbocycles. The quantitative estimate of drug-likeness (QED) is 0.811. The van der Waals surface area contributed by atoms with Gasteiger partial charge in [0.2, 0.25) is 0 Å². The predicted molar refractivity (Wildman–Crippen MR) is 109 cm³/mol. The highest BCUT2D eigenvalue weighted by Gasteiger charge is 2.24. The second-order valence-electron chi connectivity index (χ2n) is 7.17. The van der Waals surface area contributed by atoms with Crippen LogP contribution in [0, 0.1) is 0 Å². The molecule has 154 valence electrons. The maximum absolute atomic E-state index is 13.1. The third-order valence-corrected chi connectivity index (χ3v) is 5.23. The van der Waals surface area contributed by atoms with E-state index in [9.17, 15) is 9.59 Å². The van der Waals surface area contributed by atoms with Crippen molar-refractivity contribution < 1.29 is 19.1 Å². The minimum absolute atomic E-state index is 0.0502. The zero-order valence-corrected chi connectivity index (χ0v) is 17.3. The number of nitrogens with one attached hydrogen (secondary N) is 1. The van der Waals surface area contributed by atoms with Crippen LogP contribution in [0.5, 0.6) is 11.5 Å². The van der Waals surface area contributed by atoms with Crippen molar-refractivity contribution >= 4 is 11.8 Å². The van der Waals surface area contributed by atoms with Gasteiger partial charge in [-0.1, -0.05) is 6.92 Å². The Bertz CT molecular complexity index is 913. The highest BCUT2D eigenvalue weighted by atomic mass is 16.5. The molecule has 1 aliphatic rings. The van der Waals surface area contributed by atoms with Gasteiger partial charge >= 0.3 is 0 Å². The van der Waals surface area contributed by atoms with Gasteiger partial charge in [0.15, 0.2) is 11.5 Å². The van der Waals surface area contributed by atoms with E-state index in [-0.39, 0.29) is 23.6 Å². The van der Waals surface area contributed by atoms with E-state index in [4.69, 9.17) is 9.47 Å². The van der Waals surface area contributed by atoms with Crippen LogP contribution in [0.15, 0.2) is 30.5 Å². The first-order valence-electron chi connectivity index (χ1n) is 9.76. The molecule has 3 rings (SSSR count). The van der Waals surface area contributed by atoms with Crippen LogP contribution in [0.2, 0.25) is 0 Å². The fourth-order valence-corrected chi connectivity index (χ4v) is 3.33. The van der Waals surface area contributed by atoms with Crippen LogP contribution in [0.1, 0.15) is 52.2 Å². The lowest BCUT2D eigenvalue weighted by molar-refractivity contribution is 0.0734. The van der Waals surface area contributed by atoms with Crippen molar-refractivity contribution in [3.8, 4) is 11.5 Å². The van der Waals surface area contributed by atoms with Crippen LogP contribution in [0.3, 0.4) is 0 Å². The molecule has 2 heterocycles. The Morgan fingerprint density at radius 1 is 1.17 bits per heavy atom. The summed E-state index contributed by atoms with van der Waals surface area (Å²) in [5.74, 6) is 0.950. The average Bonchev–Trinajstić information content (AvgIpc) is 2.76. The highest BCUT2D eigenvalue weighted by molar-refractivity contribution is 5.98. The molecule has 7 nitrogen and oxygen atoms in total. The van der Waals surface area contributed by atoms with Gasteiger partial charge in [0.1, 0.15) is 5.69 Å². The Morgan fingerprint density at radius 2 is 1.86 bits per heavy atom. The van der Waals surface area contributed by atoms with E-state index < -0.39 is 0 Å². The van der Waals surface area contributed by atoms with E-state index >= 15 is 0 Å². The summed E-state index contributed by atoms with van der Waals surface area (Å²) >= 11 is 0. The number of hydrogen-bond donors (Lipinski definition) is 1. The number of carbonyl (C=O) groups is 2. The van der Waals surface area contributed by atoms with E-state index in [1.807, 2.05) is 26.0 Å².